The summed E-state index contributed by atoms with van der Waals surface area (Å²) in [4.78, 5) is 7.65. The van der Waals surface area contributed by atoms with Crippen molar-refractivity contribution in [3.8, 4) is 0 Å². The molecule has 30 heavy (non-hydrogen) atoms. The van der Waals surface area contributed by atoms with Crippen LogP contribution in [-0.2, 0) is 10.0 Å². The smallest absolute Gasteiger partial charge is 0.215 e. The van der Waals surface area contributed by atoms with E-state index < -0.39 is 10.0 Å². The Morgan fingerprint density at radius 1 is 1.00 bits per heavy atom. The number of thiocarbonyl (C=S) groups is 1. The van der Waals surface area contributed by atoms with Crippen molar-refractivity contribution in [3.05, 3.63) is 54.7 Å². The summed E-state index contributed by atoms with van der Waals surface area (Å²) in [6, 6.07) is 15.9. The van der Waals surface area contributed by atoms with E-state index in [2.05, 4.69) is 32.7 Å². The molecule has 10 heteroatoms. The highest BCUT2D eigenvalue weighted by Gasteiger charge is 2.27. The second-order valence-corrected chi connectivity index (χ2v) is 10.4. The van der Waals surface area contributed by atoms with Crippen molar-refractivity contribution < 1.29 is 8.42 Å². The molecule has 0 atom stereocenters. The molecule has 1 aliphatic heterocycles. The number of nitrogens with zero attached hydrogens (tertiary/aromatic N) is 3. The lowest BCUT2D eigenvalue weighted by atomic mass is 10.3. The number of piperazine rings is 1. The Hall–Kier alpha value is -1.88. The second-order valence-electron chi connectivity index (χ2n) is 6.73. The predicted octanol–water partition coefficient (Wildman–Crippen LogP) is 1.79. The van der Waals surface area contributed by atoms with E-state index in [9.17, 15) is 8.42 Å². The van der Waals surface area contributed by atoms with Gasteiger partial charge in [0.15, 0.2) is 5.11 Å². The van der Waals surface area contributed by atoms with Crippen molar-refractivity contribution in [3.63, 3.8) is 0 Å². The van der Waals surface area contributed by atoms with Crippen LogP contribution in [0.4, 0.5) is 5.82 Å². The Kier molecular flexibility index (Phi) is 8.74. The van der Waals surface area contributed by atoms with Crippen LogP contribution in [0.2, 0.25) is 0 Å². The number of hydrogen-bond acceptors (Lipinski definition) is 6. The summed E-state index contributed by atoms with van der Waals surface area (Å²) in [6.07, 6.45) is 1.75. The number of thioether (sulfide) groups is 1. The maximum atomic E-state index is 12.6. The topological polar surface area (TPSA) is 77.6 Å². The zero-order chi connectivity index (χ0) is 21.2. The summed E-state index contributed by atoms with van der Waals surface area (Å²) in [6.45, 7) is 3.23. The first-order valence-corrected chi connectivity index (χ1v) is 12.9. The van der Waals surface area contributed by atoms with Gasteiger partial charge in [-0.25, -0.2) is 13.4 Å². The van der Waals surface area contributed by atoms with Gasteiger partial charge in [-0.05, 0) is 36.5 Å². The summed E-state index contributed by atoms with van der Waals surface area (Å²) in [5.74, 6) is 1.79. The summed E-state index contributed by atoms with van der Waals surface area (Å²) >= 11 is 6.99. The van der Waals surface area contributed by atoms with E-state index in [1.165, 1.54) is 4.90 Å². The third-order valence-corrected chi connectivity index (χ3v) is 7.82. The van der Waals surface area contributed by atoms with Gasteiger partial charge in [-0.1, -0.05) is 24.3 Å². The number of benzene rings is 1. The van der Waals surface area contributed by atoms with Crippen LogP contribution in [0.1, 0.15) is 0 Å². The quantitative estimate of drug-likeness (QED) is 0.330. The fraction of sp³-hybridized carbons (Fsp3) is 0.400. The van der Waals surface area contributed by atoms with Crippen molar-refractivity contribution in [2.75, 3.05) is 55.7 Å². The fourth-order valence-corrected chi connectivity index (χ4v) is 5.40. The number of rotatable bonds is 9. The first-order chi connectivity index (χ1) is 14.5. The summed E-state index contributed by atoms with van der Waals surface area (Å²) in [5.41, 5.74) is 0. The van der Waals surface area contributed by atoms with Crippen LogP contribution in [0.5, 0.6) is 0 Å². The molecule has 0 saturated carbocycles. The van der Waals surface area contributed by atoms with E-state index in [4.69, 9.17) is 12.2 Å². The van der Waals surface area contributed by atoms with E-state index in [0.29, 0.717) is 44.4 Å². The van der Waals surface area contributed by atoms with Gasteiger partial charge in [-0.2, -0.15) is 4.31 Å². The Balaban J connectivity index is 1.31. The highest BCUT2D eigenvalue weighted by Crippen LogP contribution is 2.16. The van der Waals surface area contributed by atoms with Crippen LogP contribution < -0.4 is 15.5 Å². The lowest BCUT2D eigenvalue weighted by molar-refractivity contribution is 0.384. The molecule has 0 aliphatic carbocycles. The molecule has 0 spiro atoms. The molecule has 2 heterocycles. The molecule has 0 amide bonds. The van der Waals surface area contributed by atoms with Crippen molar-refractivity contribution in [2.45, 2.75) is 4.90 Å². The van der Waals surface area contributed by atoms with Gasteiger partial charge in [-0.15, -0.1) is 11.8 Å². The molecular weight excluding hydrogens is 438 g/mol. The van der Waals surface area contributed by atoms with Crippen molar-refractivity contribution >= 4 is 44.9 Å². The van der Waals surface area contributed by atoms with Crippen LogP contribution in [0.3, 0.4) is 0 Å². The average molecular weight is 466 g/mol. The number of aromatic nitrogens is 1. The van der Waals surface area contributed by atoms with E-state index in [1.54, 1.807) is 22.3 Å². The Morgan fingerprint density at radius 3 is 2.40 bits per heavy atom. The average Bonchev–Trinajstić information content (AvgIpc) is 2.78. The molecule has 0 bridgehead atoms. The third kappa shape index (κ3) is 7.12. The van der Waals surface area contributed by atoms with Crippen molar-refractivity contribution in [2.24, 2.45) is 0 Å². The third-order valence-electron chi connectivity index (χ3n) is 4.65. The maximum Gasteiger partial charge on any atom is 0.215 e. The van der Waals surface area contributed by atoms with E-state index in [-0.39, 0.29) is 5.75 Å². The zero-order valence-corrected chi connectivity index (χ0v) is 19.2. The van der Waals surface area contributed by atoms with Gasteiger partial charge in [0.2, 0.25) is 10.0 Å². The Morgan fingerprint density at radius 2 is 1.70 bits per heavy atom. The Labute approximate surface area is 188 Å². The molecule has 1 aromatic heterocycles. The summed E-state index contributed by atoms with van der Waals surface area (Å²) < 4.78 is 26.8. The minimum absolute atomic E-state index is 0.0250. The maximum absolute atomic E-state index is 12.6. The van der Waals surface area contributed by atoms with Gasteiger partial charge in [-0.3, -0.25) is 0 Å². The minimum Gasteiger partial charge on any atom is -0.362 e. The monoisotopic (exact) mass is 465 g/mol. The van der Waals surface area contributed by atoms with Crippen LogP contribution in [0, 0.1) is 0 Å². The van der Waals surface area contributed by atoms with Gasteiger partial charge in [0.25, 0.3) is 0 Å². The fourth-order valence-electron chi connectivity index (χ4n) is 3.07. The van der Waals surface area contributed by atoms with E-state index in [0.717, 1.165) is 11.6 Å². The molecular formula is C20H27N5O2S3. The predicted molar refractivity (Wildman–Crippen MR) is 128 cm³/mol. The molecule has 0 radical (unpaired) electrons. The highest BCUT2D eigenvalue weighted by molar-refractivity contribution is 7.99. The lowest BCUT2D eigenvalue weighted by Gasteiger charge is -2.34. The lowest BCUT2D eigenvalue weighted by Crippen LogP contribution is -2.50. The molecule has 0 unspecified atom stereocenters. The minimum atomic E-state index is -3.31. The van der Waals surface area contributed by atoms with Crippen molar-refractivity contribution in [1.29, 1.82) is 0 Å². The molecule has 1 aliphatic rings. The number of pyridine rings is 1. The van der Waals surface area contributed by atoms with Crippen molar-refractivity contribution in [1.82, 2.24) is 19.9 Å². The first-order valence-electron chi connectivity index (χ1n) is 9.88. The molecule has 3 rings (SSSR count). The molecule has 7 nitrogen and oxygen atoms in total. The number of sulfonamides is 1. The molecule has 1 saturated heterocycles. The molecule has 1 fully saturated rings. The van der Waals surface area contributed by atoms with Gasteiger partial charge in [0.1, 0.15) is 5.82 Å². The number of hydrogen-bond donors (Lipinski definition) is 2. The van der Waals surface area contributed by atoms with Gasteiger partial charge in [0.05, 0.1) is 5.75 Å². The highest BCUT2D eigenvalue weighted by atomic mass is 32.2. The molecule has 2 aromatic rings. The SMILES string of the molecule is O=S(=O)(CCNC(=S)NCCSc1ccccc1)N1CCN(c2ccccn2)CC1. The first kappa shape index (κ1) is 22.8. The van der Waals surface area contributed by atoms with Gasteiger partial charge >= 0.3 is 0 Å². The van der Waals surface area contributed by atoms with Crippen LogP contribution in [-0.4, -0.2) is 73.6 Å². The molecule has 2 N–H and O–H groups in total. The largest absolute Gasteiger partial charge is 0.362 e. The molecule has 162 valence electrons. The Bertz CT molecular complexity index is 889. The summed E-state index contributed by atoms with van der Waals surface area (Å²) in [7, 11) is -3.31. The second kappa shape index (κ2) is 11.5. The van der Waals surface area contributed by atoms with E-state index >= 15 is 0 Å². The van der Waals surface area contributed by atoms with Crippen LogP contribution in [0.25, 0.3) is 0 Å². The van der Waals surface area contributed by atoms with Gasteiger partial charge in [0, 0.05) is 56.1 Å². The van der Waals surface area contributed by atoms with Crippen LogP contribution >= 0.6 is 24.0 Å². The van der Waals surface area contributed by atoms with Gasteiger partial charge < -0.3 is 15.5 Å². The summed E-state index contributed by atoms with van der Waals surface area (Å²) in [5, 5.41) is 6.60. The van der Waals surface area contributed by atoms with Crippen LogP contribution in [0.15, 0.2) is 59.6 Å². The zero-order valence-electron chi connectivity index (χ0n) is 16.7. The van der Waals surface area contributed by atoms with E-state index in [1.807, 2.05) is 36.4 Å². The normalized spacial score (nSPS) is 15.0. The molecule has 1 aromatic carbocycles. The number of anilines is 1. The number of nitrogens with one attached hydrogen (secondary N) is 2. The standard InChI is InChI=1S/C20H27N5O2S3/c26-30(27,25-14-12-24(13-15-25)19-8-4-5-9-21-19)17-11-23-20(28)22-10-16-29-18-6-2-1-3-7-18/h1-9H,10-17H2,(H2,22,23,28).